The number of hydrogen-bond donors (Lipinski definition) is 0. The molecular weight excluding hydrogens is 490 g/mol. The van der Waals surface area contributed by atoms with Gasteiger partial charge in [-0.15, -0.1) is 0 Å². The van der Waals surface area contributed by atoms with E-state index in [-0.39, 0.29) is 11.5 Å². The molecule has 0 unspecified atom stereocenters. The lowest BCUT2D eigenvalue weighted by Gasteiger charge is -2.58. The Morgan fingerprint density at radius 1 is 1.03 bits per heavy atom. The number of fused-ring (bicyclic) bond motifs is 5. The minimum Gasteiger partial charge on any atom is -0.281 e. The Morgan fingerprint density at radius 3 is 2.44 bits per heavy atom. The van der Waals surface area contributed by atoms with E-state index in [0.29, 0.717) is 5.41 Å². The molecule has 4 aliphatic carbocycles. The number of rotatable bonds is 9. The number of phosphoric acid groups is 1. The van der Waals surface area contributed by atoms with E-state index in [4.69, 9.17) is 28.3 Å². The van der Waals surface area contributed by atoms with Crippen LogP contribution in [0.25, 0.3) is 0 Å². The average molecular weight is 536 g/mol. The number of halogens is 2. The highest BCUT2D eigenvalue weighted by Crippen LogP contribution is 2.68. The molecule has 0 aromatic heterocycles. The molecule has 4 aliphatic rings. The van der Waals surface area contributed by atoms with Gasteiger partial charge < -0.3 is 0 Å². The Morgan fingerprint density at radius 2 is 1.76 bits per heavy atom. The summed E-state index contributed by atoms with van der Waals surface area (Å²) in [5.74, 6) is 4.92. The topological polar surface area (TPSA) is 44.8 Å². The predicted octanol–water partition coefficient (Wildman–Crippen LogP) is 9.86. The molecule has 0 heterocycles. The molecule has 4 nitrogen and oxygen atoms in total. The number of hydrogen-bond acceptors (Lipinski definition) is 4. The lowest BCUT2D eigenvalue weighted by Crippen LogP contribution is -2.51. The van der Waals surface area contributed by atoms with Crippen molar-refractivity contribution < 1.29 is 17.2 Å². The van der Waals surface area contributed by atoms with Crippen LogP contribution in [0.5, 0.6) is 0 Å². The Kier molecular flexibility index (Phi) is 8.61. The smallest absolute Gasteiger partial charge is 0.281 e. The SMILES string of the molecule is CC(C)CCC[C@@H](C)[C@H]1CC[C@H]2[C@@H]3CC=C4C[C@@H](OP(=O)(OCl)OCl)CC[C@]4(C)[C@H]3CC[C@]12C. The quantitative estimate of drug-likeness (QED) is 0.218. The van der Waals surface area contributed by atoms with Gasteiger partial charge in [0.15, 0.2) is 0 Å². The zero-order valence-corrected chi connectivity index (χ0v) is 24.1. The lowest BCUT2D eigenvalue weighted by molar-refractivity contribution is -0.0567. The van der Waals surface area contributed by atoms with Gasteiger partial charge in [-0.1, -0.05) is 65.5 Å². The summed E-state index contributed by atoms with van der Waals surface area (Å²) in [5.41, 5.74) is 2.17. The average Bonchev–Trinajstić information content (AvgIpc) is 3.16. The maximum atomic E-state index is 12.3. The van der Waals surface area contributed by atoms with Crippen molar-refractivity contribution in [2.24, 2.45) is 46.3 Å². The summed E-state index contributed by atoms with van der Waals surface area (Å²) < 4.78 is 26.7. The van der Waals surface area contributed by atoms with Crippen LogP contribution in [0.4, 0.5) is 0 Å². The van der Waals surface area contributed by atoms with Crippen LogP contribution in [0.15, 0.2) is 11.6 Å². The molecule has 34 heavy (non-hydrogen) atoms. The van der Waals surface area contributed by atoms with Crippen LogP contribution in [0.1, 0.15) is 105 Å². The summed E-state index contributed by atoms with van der Waals surface area (Å²) >= 11 is 10.6. The van der Waals surface area contributed by atoms with E-state index in [0.717, 1.165) is 54.8 Å². The van der Waals surface area contributed by atoms with Gasteiger partial charge in [0, 0.05) is 0 Å². The first-order valence-corrected chi connectivity index (χ1v) is 15.7. The van der Waals surface area contributed by atoms with Crippen molar-refractivity contribution >= 4 is 31.6 Å². The first kappa shape index (κ1) is 27.5. The van der Waals surface area contributed by atoms with Crippen LogP contribution in [0.2, 0.25) is 0 Å². The molecule has 8 atom stereocenters. The second kappa shape index (κ2) is 10.7. The summed E-state index contributed by atoms with van der Waals surface area (Å²) in [6, 6.07) is 0. The van der Waals surface area contributed by atoms with Gasteiger partial charge in [-0.05, 0) is 97.7 Å². The highest BCUT2D eigenvalue weighted by atomic mass is 35.5. The molecule has 0 radical (unpaired) electrons. The fourth-order valence-electron chi connectivity index (χ4n) is 8.97. The third-order valence-electron chi connectivity index (χ3n) is 10.7. The Hall–Kier alpha value is 0.430. The van der Waals surface area contributed by atoms with E-state index in [2.05, 4.69) is 48.8 Å². The van der Waals surface area contributed by atoms with E-state index in [1.54, 1.807) is 0 Å². The van der Waals surface area contributed by atoms with Crippen molar-refractivity contribution in [2.75, 3.05) is 0 Å². The molecule has 3 saturated carbocycles. The first-order chi connectivity index (χ1) is 16.1. The van der Waals surface area contributed by atoms with Gasteiger partial charge in [0.1, 0.15) is 0 Å². The summed E-state index contributed by atoms with van der Waals surface area (Å²) in [6.45, 7) is 12.4. The summed E-state index contributed by atoms with van der Waals surface area (Å²) in [7, 11) is -3.90. The van der Waals surface area contributed by atoms with Crippen LogP contribution in [0, 0.1) is 46.3 Å². The molecule has 3 fully saturated rings. The standard InChI is InChI=1S/C27H45Cl2O4P/c1-18(2)7-6-8-19(3)23-11-12-24-22-10-9-20-17-21(31-34(30,32-28)33-29)13-15-26(20,4)25(22)14-16-27(23,24)5/h9,18-19,21-25H,6-8,10-17H2,1-5H3/t19-,21+,22+,23-,24+,25+,26+,27-/m1/s1. The zero-order valence-electron chi connectivity index (χ0n) is 21.7. The van der Waals surface area contributed by atoms with Gasteiger partial charge in [-0.25, -0.2) is 4.57 Å². The van der Waals surface area contributed by atoms with E-state index >= 15 is 0 Å². The Bertz CT molecular complexity index is 795. The van der Waals surface area contributed by atoms with Crippen molar-refractivity contribution in [3.63, 3.8) is 0 Å². The van der Waals surface area contributed by atoms with Crippen LogP contribution >= 0.6 is 31.6 Å². The first-order valence-electron chi connectivity index (χ1n) is 13.6. The summed E-state index contributed by atoms with van der Waals surface area (Å²) in [4.78, 5) is 0. The van der Waals surface area contributed by atoms with Gasteiger partial charge in [0.2, 0.25) is 0 Å². The molecule has 0 aromatic carbocycles. The van der Waals surface area contributed by atoms with Crippen LogP contribution in [-0.2, 0) is 17.2 Å². The van der Waals surface area contributed by atoms with E-state index in [1.807, 2.05) is 0 Å². The fraction of sp³-hybridized carbons (Fsp3) is 0.926. The lowest BCUT2D eigenvalue weighted by atomic mass is 9.47. The van der Waals surface area contributed by atoms with E-state index in [1.165, 1.54) is 56.9 Å². The van der Waals surface area contributed by atoms with Crippen LogP contribution < -0.4 is 0 Å². The zero-order chi connectivity index (χ0) is 24.7. The van der Waals surface area contributed by atoms with Gasteiger partial charge in [0.05, 0.1) is 29.8 Å². The molecule has 0 bridgehead atoms. The minimum absolute atomic E-state index is 0.207. The second-order valence-corrected chi connectivity index (χ2v) is 15.1. The molecule has 0 aromatic rings. The van der Waals surface area contributed by atoms with Crippen molar-refractivity contribution in [1.82, 2.24) is 0 Å². The Balaban J connectivity index is 1.45. The molecule has 196 valence electrons. The van der Waals surface area contributed by atoms with Gasteiger partial charge in [-0.3, -0.25) is 4.52 Å². The largest absolute Gasteiger partial charge is 0.508 e. The van der Waals surface area contributed by atoms with Crippen LogP contribution in [-0.4, -0.2) is 6.10 Å². The van der Waals surface area contributed by atoms with Gasteiger partial charge >= 0.3 is 7.82 Å². The highest BCUT2D eigenvalue weighted by molar-refractivity contribution is 7.50. The Labute approximate surface area is 217 Å². The van der Waals surface area contributed by atoms with Crippen molar-refractivity contribution in [2.45, 2.75) is 111 Å². The summed E-state index contributed by atoms with van der Waals surface area (Å²) in [5, 5.41) is 0. The minimum atomic E-state index is -3.90. The third kappa shape index (κ3) is 5.08. The highest BCUT2D eigenvalue weighted by Gasteiger charge is 2.59. The normalized spacial score (nSPS) is 40.9. The fourth-order valence-corrected chi connectivity index (χ4v) is 10.0. The van der Waals surface area contributed by atoms with Gasteiger partial charge in [-0.2, -0.15) is 8.15 Å². The maximum Gasteiger partial charge on any atom is 0.508 e. The third-order valence-corrected chi connectivity index (χ3v) is 12.6. The molecule has 7 heteroatoms. The molecular formula is C27H45Cl2O4P. The molecule has 0 spiro atoms. The molecule has 0 N–H and O–H groups in total. The van der Waals surface area contributed by atoms with Crippen molar-refractivity contribution in [3.8, 4) is 0 Å². The van der Waals surface area contributed by atoms with Crippen LogP contribution in [0.3, 0.4) is 0 Å². The molecule has 0 aliphatic heterocycles. The monoisotopic (exact) mass is 534 g/mol. The second-order valence-electron chi connectivity index (χ2n) is 12.8. The van der Waals surface area contributed by atoms with E-state index < -0.39 is 7.82 Å². The predicted molar refractivity (Wildman–Crippen MR) is 139 cm³/mol. The van der Waals surface area contributed by atoms with Crippen molar-refractivity contribution in [3.05, 3.63) is 11.6 Å². The van der Waals surface area contributed by atoms with Gasteiger partial charge in [0.25, 0.3) is 0 Å². The molecule has 0 saturated heterocycles. The molecule has 4 rings (SSSR count). The number of allylic oxidation sites excluding steroid dienone is 1. The summed E-state index contributed by atoms with van der Waals surface area (Å²) in [6.07, 6.45) is 15.7. The van der Waals surface area contributed by atoms with E-state index in [9.17, 15) is 4.57 Å². The maximum absolute atomic E-state index is 12.3. The van der Waals surface area contributed by atoms with Crippen molar-refractivity contribution in [1.29, 1.82) is 0 Å². The molecule has 0 amide bonds.